The van der Waals surface area contributed by atoms with Crippen molar-refractivity contribution in [2.24, 2.45) is 5.10 Å². The monoisotopic (exact) mass is 362 g/mol. The van der Waals surface area contributed by atoms with Gasteiger partial charge in [-0.25, -0.2) is 10.4 Å². The SMILES string of the molecule is Cc1nc2scc(C)n2c1/C=N\NC(=O)Cc1cc(=O)[nH]c(=S)[nH]1. The number of nitrogens with one attached hydrogen (secondary N) is 3. The Balaban J connectivity index is 1.72. The summed E-state index contributed by atoms with van der Waals surface area (Å²) >= 11 is 6.41. The summed E-state index contributed by atoms with van der Waals surface area (Å²) in [6.45, 7) is 3.87. The topological polar surface area (TPSA) is 107 Å². The average Bonchev–Trinajstić information content (AvgIpc) is 2.98. The summed E-state index contributed by atoms with van der Waals surface area (Å²) in [5.74, 6) is -0.358. The maximum Gasteiger partial charge on any atom is 0.251 e. The Morgan fingerprint density at radius 3 is 3.04 bits per heavy atom. The van der Waals surface area contributed by atoms with E-state index in [0.717, 1.165) is 22.0 Å². The normalized spacial score (nSPS) is 11.4. The fourth-order valence-electron chi connectivity index (χ4n) is 2.27. The minimum absolute atomic E-state index is 0.0246. The number of fused-ring (bicyclic) bond motifs is 1. The molecular weight excluding hydrogens is 348 g/mol. The fraction of sp³-hybridized carbons (Fsp3) is 0.214. The predicted octanol–water partition coefficient (Wildman–Crippen LogP) is 1.45. The second-order valence-corrected chi connectivity index (χ2v) is 6.41. The summed E-state index contributed by atoms with van der Waals surface area (Å²) in [5.41, 5.74) is 5.22. The van der Waals surface area contributed by atoms with Crippen molar-refractivity contribution in [3.63, 3.8) is 0 Å². The second-order valence-electron chi connectivity index (χ2n) is 5.16. The molecule has 10 heteroatoms. The molecule has 0 spiro atoms. The van der Waals surface area contributed by atoms with Crippen LogP contribution in [0.4, 0.5) is 0 Å². The molecule has 0 aliphatic heterocycles. The molecular formula is C14H14N6O2S2. The number of hydrogen-bond acceptors (Lipinski definition) is 6. The number of hydrogen-bond donors (Lipinski definition) is 3. The van der Waals surface area contributed by atoms with E-state index >= 15 is 0 Å². The summed E-state index contributed by atoms with van der Waals surface area (Å²) in [5, 5.41) is 5.99. The van der Waals surface area contributed by atoms with E-state index in [4.69, 9.17) is 12.2 Å². The molecule has 3 rings (SSSR count). The Morgan fingerprint density at radius 2 is 2.29 bits per heavy atom. The number of aromatic amines is 2. The van der Waals surface area contributed by atoms with Crippen molar-refractivity contribution in [2.45, 2.75) is 20.3 Å². The van der Waals surface area contributed by atoms with Crippen LogP contribution < -0.4 is 11.0 Å². The largest absolute Gasteiger partial charge is 0.335 e. The zero-order valence-electron chi connectivity index (χ0n) is 12.9. The zero-order valence-corrected chi connectivity index (χ0v) is 14.5. The number of carbonyl (C=O) groups excluding carboxylic acids is 1. The number of thiazole rings is 1. The molecule has 0 atom stereocenters. The van der Waals surface area contributed by atoms with Crippen LogP contribution in [0.25, 0.3) is 4.96 Å². The number of H-pyrrole nitrogens is 2. The van der Waals surface area contributed by atoms with Gasteiger partial charge in [0.15, 0.2) is 9.73 Å². The van der Waals surface area contributed by atoms with Gasteiger partial charge >= 0.3 is 0 Å². The lowest BCUT2D eigenvalue weighted by Crippen LogP contribution is -2.22. The van der Waals surface area contributed by atoms with Crippen LogP contribution in [0.15, 0.2) is 21.3 Å². The summed E-state index contributed by atoms with van der Waals surface area (Å²) in [4.78, 5) is 33.7. The standard InChI is InChI=1S/C14H14N6O2S2/c1-7-6-24-14-16-8(2)10(20(7)14)5-15-19-12(22)4-9-3-11(21)18-13(23)17-9/h3,5-6H,4H2,1-2H3,(H,19,22)(H2,17,18,21,23)/b15-5-. The van der Waals surface area contributed by atoms with Crippen molar-refractivity contribution >= 4 is 40.6 Å². The third-order valence-electron chi connectivity index (χ3n) is 3.30. The van der Waals surface area contributed by atoms with Crippen molar-refractivity contribution in [2.75, 3.05) is 0 Å². The van der Waals surface area contributed by atoms with Gasteiger partial charge in [0.2, 0.25) is 5.91 Å². The first-order valence-electron chi connectivity index (χ1n) is 7.01. The van der Waals surface area contributed by atoms with Crippen molar-refractivity contribution in [1.29, 1.82) is 0 Å². The van der Waals surface area contributed by atoms with Crippen LogP contribution >= 0.6 is 23.6 Å². The van der Waals surface area contributed by atoms with E-state index in [2.05, 4.69) is 25.5 Å². The Morgan fingerprint density at radius 1 is 1.50 bits per heavy atom. The predicted molar refractivity (Wildman–Crippen MR) is 94.2 cm³/mol. The highest BCUT2D eigenvalue weighted by atomic mass is 32.1. The molecule has 0 aliphatic rings. The molecule has 3 N–H and O–H groups in total. The number of carbonyl (C=O) groups is 1. The highest BCUT2D eigenvalue weighted by molar-refractivity contribution is 7.71. The quantitative estimate of drug-likeness (QED) is 0.371. The smallest absolute Gasteiger partial charge is 0.251 e. The van der Waals surface area contributed by atoms with Crippen LogP contribution in [0, 0.1) is 18.6 Å². The molecule has 24 heavy (non-hydrogen) atoms. The van der Waals surface area contributed by atoms with Gasteiger partial charge in [0.05, 0.1) is 24.0 Å². The Labute approximate surface area is 145 Å². The van der Waals surface area contributed by atoms with Crippen LogP contribution in [-0.2, 0) is 11.2 Å². The van der Waals surface area contributed by atoms with E-state index in [9.17, 15) is 9.59 Å². The summed E-state index contributed by atoms with van der Waals surface area (Å²) in [6, 6.07) is 1.29. The van der Waals surface area contributed by atoms with Crippen molar-refractivity contribution in [1.82, 2.24) is 24.8 Å². The highest BCUT2D eigenvalue weighted by Crippen LogP contribution is 2.18. The molecule has 0 saturated heterocycles. The first kappa shape index (κ1) is 16.3. The van der Waals surface area contributed by atoms with Crippen LogP contribution in [0.3, 0.4) is 0 Å². The van der Waals surface area contributed by atoms with E-state index in [1.165, 1.54) is 6.07 Å². The highest BCUT2D eigenvalue weighted by Gasteiger charge is 2.10. The molecule has 0 aliphatic carbocycles. The molecule has 3 aromatic heterocycles. The average molecular weight is 362 g/mol. The van der Waals surface area contributed by atoms with Gasteiger partial charge in [0.1, 0.15) is 0 Å². The maximum atomic E-state index is 11.9. The van der Waals surface area contributed by atoms with Gasteiger partial charge < -0.3 is 4.98 Å². The molecule has 3 heterocycles. The molecule has 124 valence electrons. The second kappa shape index (κ2) is 6.49. The van der Waals surface area contributed by atoms with E-state index < -0.39 is 0 Å². The maximum absolute atomic E-state index is 11.9. The lowest BCUT2D eigenvalue weighted by Gasteiger charge is -2.00. The van der Waals surface area contributed by atoms with E-state index in [0.29, 0.717) is 5.69 Å². The summed E-state index contributed by atoms with van der Waals surface area (Å²) in [7, 11) is 0. The summed E-state index contributed by atoms with van der Waals surface area (Å²) < 4.78 is 2.16. The molecule has 0 bridgehead atoms. The molecule has 0 radical (unpaired) electrons. The van der Waals surface area contributed by atoms with E-state index in [-0.39, 0.29) is 22.7 Å². The van der Waals surface area contributed by atoms with Gasteiger partial charge in [-0.3, -0.25) is 19.0 Å². The van der Waals surface area contributed by atoms with Gasteiger partial charge in [0, 0.05) is 22.8 Å². The van der Waals surface area contributed by atoms with Crippen molar-refractivity contribution in [3.05, 3.63) is 49.3 Å². The molecule has 0 unspecified atom stereocenters. The van der Waals surface area contributed by atoms with Crippen molar-refractivity contribution in [3.8, 4) is 0 Å². The Kier molecular flexibility index (Phi) is 4.40. The zero-order chi connectivity index (χ0) is 17.3. The lowest BCUT2D eigenvalue weighted by molar-refractivity contribution is -0.120. The van der Waals surface area contributed by atoms with Gasteiger partial charge in [-0.2, -0.15) is 5.10 Å². The van der Waals surface area contributed by atoms with Gasteiger partial charge in [-0.15, -0.1) is 11.3 Å². The third-order valence-corrected chi connectivity index (χ3v) is 4.44. The lowest BCUT2D eigenvalue weighted by atomic mass is 10.3. The first-order chi connectivity index (χ1) is 11.4. The van der Waals surface area contributed by atoms with Crippen molar-refractivity contribution < 1.29 is 4.79 Å². The molecule has 3 aromatic rings. The van der Waals surface area contributed by atoms with Gasteiger partial charge in [0.25, 0.3) is 5.56 Å². The van der Waals surface area contributed by atoms with E-state index in [1.54, 1.807) is 17.6 Å². The number of nitrogens with zero attached hydrogens (tertiary/aromatic N) is 3. The van der Waals surface area contributed by atoms with Crippen LogP contribution in [0.1, 0.15) is 22.8 Å². The number of hydrazone groups is 1. The Bertz CT molecular complexity index is 1030. The number of rotatable bonds is 4. The number of imidazole rings is 1. The third kappa shape index (κ3) is 3.34. The minimum Gasteiger partial charge on any atom is -0.335 e. The van der Waals surface area contributed by atoms with Gasteiger partial charge in [-0.05, 0) is 26.1 Å². The van der Waals surface area contributed by atoms with Crippen LogP contribution in [0.5, 0.6) is 0 Å². The number of amides is 1. The minimum atomic E-state index is -0.358. The van der Waals surface area contributed by atoms with Crippen LogP contribution in [-0.4, -0.2) is 31.5 Å². The van der Waals surface area contributed by atoms with Gasteiger partial charge in [-0.1, -0.05) is 0 Å². The summed E-state index contributed by atoms with van der Waals surface area (Å²) in [6.07, 6.45) is 1.54. The molecule has 0 fully saturated rings. The fourth-order valence-corrected chi connectivity index (χ4v) is 3.42. The molecule has 1 amide bonds. The number of aromatic nitrogens is 4. The number of aryl methyl sites for hydroxylation is 2. The molecule has 0 saturated carbocycles. The van der Waals surface area contributed by atoms with E-state index in [1.807, 2.05) is 23.6 Å². The molecule has 8 nitrogen and oxygen atoms in total. The Hall–Kier alpha value is -2.59. The first-order valence-corrected chi connectivity index (χ1v) is 8.30. The van der Waals surface area contributed by atoms with Crippen LogP contribution in [0.2, 0.25) is 0 Å². The molecule has 0 aromatic carbocycles.